The van der Waals surface area contributed by atoms with E-state index in [-0.39, 0.29) is 4.90 Å². The molecule has 0 fully saturated rings. The Labute approximate surface area is 101 Å². The number of rotatable bonds is 3. The fourth-order valence-electron chi connectivity index (χ4n) is 1.59. The molecule has 0 spiro atoms. The molecule has 0 unspecified atom stereocenters. The molecular weight excluding hydrogens is 232 g/mol. The topological polar surface area (TPSA) is 34.1 Å². The van der Waals surface area contributed by atoms with E-state index >= 15 is 0 Å². The summed E-state index contributed by atoms with van der Waals surface area (Å²) in [7, 11) is -3.47. The van der Waals surface area contributed by atoms with Crippen LogP contribution in [0.4, 0.5) is 0 Å². The third-order valence-corrected chi connectivity index (χ3v) is 3.75. The number of benzene rings is 2. The fraction of sp³-hybridized carbons (Fsp3) is 0. The lowest BCUT2D eigenvalue weighted by molar-refractivity contribution is 0.605. The molecule has 0 amide bonds. The van der Waals surface area contributed by atoms with Gasteiger partial charge in [0.2, 0.25) is 0 Å². The second-order valence-electron chi connectivity index (χ2n) is 3.49. The molecule has 0 aromatic heterocycles. The Morgan fingerprint density at radius 3 is 2.41 bits per heavy atom. The van der Waals surface area contributed by atoms with Gasteiger partial charge in [0, 0.05) is 17.0 Å². The van der Waals surface area contributed by atoms with Crippen LogP contribution in [0.5, 0.6) is 0 Å². The van der Waals surface area contributed by atoms with Gasteiger partial charge in [0.15, 0.2) is 9.84 Å². The van der Waals surface area contributed by atoms with Crippen LogP contribution in [0.1, 0.15) is 0 Å². The first-order valence-electron chi connectivity index (χ1n) is 5.09. The summed E-state index contributed by atoms with van der Waals surface area (Å²) >= 11 is 0. The van der Waals surface area contributed by atoms with E-state index in [2.05, 4.69) is 12.6 Å². The van der Waals surface area contributed by atoms with Crippen molar-refractivity contribution in [3.63, 3.8) is 0 Å². The summed E-state index contributed by atoms with van der Waals surface area (Å²) in [4.78, 5) is 0.168. The molecule has 0 aliphatic rings. The van der Waals surface area contributed by atoms with Gasteiger partial charge in [-0.05, 0) is 5.56 Å². The van der Waals surface area contributed by atoms with Crippen molar-refractivity contribution in [3.8, 4) is 11.1 Å². The molecular formula is C14H11O2S. The molecule has 0 saturated heterocycles. The maximum absolute atomic E-state index is 11.8. The highest BCUT2D eigenvalue weighted by Crippen LogP contribution is 2.27. The summed E-state index contributed by atoms with van der Waals surface area (Å²) in [6, 6.07) is 17.2. The van der Waals surface area contributed by atoms with Gasteiger partial charge < -0.3 is 0 Å². The maximum Gasteiger partial charge on any atom is 0.200 e. The van der Waals surface area contributed by atoms with Gasteiger partial charge >= 0.3 is 0 Å². The van der Waals surface area contributed by atoms with E-state index in [0.29, 0.717) is 5.56 Å². The van der Waals surface area contributed by atoms with Crippen molar-refractivity contribution < 1.29 is 8.42 Å². The molecule has 2 aromatic rings. The van der Waals surface area contributed by atoms with Gasteiger partial charge in [0.05, 0.1) is 4.90 Å². The third-order valence-electron chi connectivity index (χ3n) is 2.41. The van der Waals surface area contributed by atoms with E-state index in [1.165, 1.54) is 0 Å². The molecule has 0 aliphatic heterocycles. The SMILES string of the molecule is C=CS(=O)(=O)c1[c]cccc1-c1ccccc1. The average molecular weight is 243 g/mol. The first kappa shape index (κ1) is 11.6. The molecule has 17 heavy (non-hydrogen) atoms. The molecule has 0 heterocycles. The van der Waals surface area contributed by atoms with Gasteiger partial charge in [-0.2, -0.15) is 0 Å². The van der Waals surface area contributed by atoms with Gasteiger partial charge in [-0.25, -0.2) is 8.42 Å². The molecule has 0 saturated carbocycles. The Bertz CT molecular complexity index is 628. The van der Waals surface area contributed by atoms with Gasteiger partial charge in [-0.15, -0.1) is 0 Å². The van der Waals surface area contributed by atoms with Crippen LogP contribution in [0.15, 0.2) is 65.4 Å². The van der Waals surface area contributed by atoms with Crippen LogP contribution in [0.2, 0.25) is 0 Å². The summed E-state index contributed by atoms with van der Waals surface area (Å²) in [5.74, 6) is 0. The lowest BCUT2D eigenvalue weighted by Gasteiger charge is -2.07. The second kappa shape index (κ2) is 4.55. The van der Waals surface area contributed by atoms with E-state index in [0.717, 1.165) is 11.0 Å². The third kappa shape index (κ3) is 2.29. The van der Waals surface area contributed by atoms with Crippen LogP contribution in [0.25, 0.3) is 11.1 Å². The quantitative estimate of drug-likeness (QED) is 0.830. The zero-order valence-electron chi connectivity index (χ0n) is 9.13. The molecule has 1 radical (unpaired) electrons. The van der Waals surface area contributed by atoms with Gasteiger partial charge in [-0.3, -0.25) is 0 Å². The molecule has 2 rings (SSSR count). The first-order valence-corrected chi connectivity index (χ1v) is 6.63. The molecule has 3 heteroatoms. The van der Waals surface area contributed by atoms with Crippen LogP contribution in [0.3, 0.4) is 0 Å². The Balaban J connectivity index is 2.69. The number of hydrogen-bond acceptors (Lipinski definition) is 2. The summed E-state index contributed by atoms with van der Waals surface area (Å²) in [5, 5.41) is 0.950. The minimum Gasteiger partial charge on any atom is -0.219 e. The molecule has 0 N–H and O–H groups in total. The summed E-state index contributed by atoms with van der Waals surface area (Å²) < 4.78 is 23.7. The largest absolute Gasteiger partial charge is 0.219 e. The highest BCUT2D eigenvalue weighted by molar-refractivity contribution is 7.94. The predicted octanol–water partition coefficient (Wildman–Crippen LogP) is 3.07. The molecule has 2 aromatic carbocycles. The highest BCUT2D eigenvalue weighted by atomic mass is 32.2. The molecule has 0 aliphatic carbocycles. The minimum absolute atomic E-state index is 0.168. The highest BCUT2D eigenvalue weighted by Gasteiger charge is 2.15. The smallest absolute Gasteiger partial charge is 0.200 e. The number of hydrogen-bond donors (Lipinski definition) is 0. The maximum atomic E-state index is 11.8. The Morgan fingerprint density at radius 2 is 1.76 bits per heavy atom. The van der Waals surface area contributed by atoms with Crippen LogP contribution in [0, 0.1) is 6.07 Å². The van der Waals surface area contributed by atoms with Crippen molar-refractivity contribution in [3.05, 3.63) is 66.6 Å². The fourth-order valence-corrected chi connectivity index (χ4v) is 2.48. The molecule has 2 nitrogen and oxygen atoms in total. The van der Waals surface area contributed by atoms with Crippen LogP contribution < -0.4 is 0 Å². The van der Waals surface area contributed by atoms with Gasteiger partial charge in [-0.1, -0.05) is 55.1 Å². The molecule has 85 valence electrons. The summed E-state index contributed by atoms with van der Waals surface area (Å²) in [6.45, 7) is 3.34. The minimum atomic E-state index is -3.47. The number of sulfone groups is 1. The van der Waals surface area contributed by atoms with E-state index in [9.17, 15) is 8.42 Å². The monoisotopic (exact) mass is 243 g/mol. The average Bonchev–Trinajstić information content (AvgIpc) is 2.40. The van der Waals surface area contributed by atoms with E-state index < -0.39 is 9.84 Å². The first-order chi connectivity index (χ1) is 8.15. The van der Waals surface area contributed by atoms with Gasteiger partial charge in [0.25, 0.3) is 0 Å². The lowest BCUT2D eigenvalue weighted by atomic mass is 10.1. The van der Waals surface area contributed by atoms with Crippen LogP contribution in [-0.2, 0) is 9.84 Å². The Kier molecular flexibility index (Phi) is 3.11. The van der Waals surface area contributed by atoms with Gasteiger partial charge in [0.1, 0.15) is 0 Å². The standard InChI is InChI=1S/C14H11O2S/c1-2-17(15,16)14-11-7-6-10-13(14)12-8-4-3-5-9-12/h2-10H,1H2. The molecule has 0 atom stereocenters. The second-order valence-corrected chi connectivity index (χ2v) is 5.32. The zero-order valence-corrected chi connectivity index (χ0v) is 9.94. The van der Waals surface area contributed by atoms with Crippen LogP contribution >= 0.6 is 0 Å². The van der Waals surface area contributed by atoms with Crippen molar-refractivity contribution in [2.24, 2.45) is 0 Å². The Morgan fingerprint density at radius 1 is 1.06 bits per heavy atom. The zero-order chi connectivity index (χ0) is 12.3. The molecule has 0 bridgehead atoms. The van der Waals surface area contributed by atoms with E-state index in [1.54, 1.807) is 18.2 Å². The lowest BCUT2D eigenvalue weighted by Crippen LogP contribution is -1.98. The Hall–Kier alpha value is -1.87. The normalized spacial score (nSPS) is 11.1. The van der Waals surface area contributed by atoms with E-state index in [1.807, 2.05) is 30.3 Å². The predicted molar refractivity (Wildman–Crippen MR) is 68.1 cm³/mol. The summed E-state index contributed by atoms with van der Waals surface area (Å²) in [5.41, 5.74) is 1.50. The van der Waals surface area contributed by atoms with E-state index in [4.69, 9.17) is 0 Å². The van der Waals surface area contributed by atoms with Crippen LogP contribution in [-0.4, -0.2) is 8.42 Å². The van der Waals surface area contributed by atoms with Crippen molar-refractivity contribution >= 4 is 9.84 Å². The summed E-state index contributed by atoms with van der Waals surface area (Å²) in [6.07, 6.45) is 0. The van der Waals surface area contributed by atoms with Crippen molar-refractivity contribution in [2.45, 2.75) is 4.90 Å². The van der Waals surface area contributed by atoms with Crippen molar-refractivity contribution in [1.29, 1.82) is 0 Å². The van der Waals surface area contributed by atoms with Crippen molar-refractivity contribution in [2.75, 3.05) is 0 Å². The van der Waals surface area contributed by atoms with Crippen molar-refractivity contribution in [1.82, 2.24) is 0 Å².